The van der Waals surface area contributed by atoms with E-state index < -0.39 is 0 Å². The molecule has 0 aromatic rings. The van der Waals surface area contributed by atoms with Gasteiger partial charge in [-0.15, -0.1) is 0 Å². The lowest BCUT2D eigenvalue weighted by Crippen LogP contribution is -2.53. The van der Waals surface area contributed by atoms with E-state index in [-0.39, 0.29) is 17.6 Å². The highest BCUT2D eigenvalue weighted by Gasteiger charge is 2.39. The van der Waals surface area contributed by atoms with Crippen LogP contribution >= 0.6 is 0 Å². The first-order chi connectivity index (χ1) is 8.14. The summed E-state index contributed by atoms with van der Waals surface area (Å²) in [5.74, 6) is 0.111. The minimum atomic E-state index is -0.341. The maximum atomic E-state index is 12.2. The van der Waals surface area contributed by atoms with Gasteiger partial charge in [-0.2, -0.15) is 0 Å². The Morgan fingerprint density at radius 1 is 1.53 bits per heavy atom. The van der Waals surface area contributed by atoms with Gasteiger partial charge in [0, 0.05) is 6.54 Å². The highest BCUT2D eigenvalue weighted by Crippen LogP contribution is 2.24. The number of aliphatic hydroxyl groups excluding tert-OH is 1. The van der Waals surface area contributed by atoms with Gasteiger partial charge >= 0.3 is 0 Å². The summed E-state index contributed by atoms with van der Waals surface area (Å²) in [6, 6.07) is 0. The first-order valence-corrected chi connectivity index (χ1v) is 6.86. The number of hydrogen-bond donors (Lipinski definition) is 3. The maximum absolute atomic E-state index is 12.2. The number of carbonyl (C=O) groups excluding carboxylic acids is 1. The van der Waals surface area contributed by atoms with Crippen LogP contribution in [-0.4, -0.2) is 35.7 Å². The lowest BCUT2D eigenvalue weighted by Gasteiger charge is -2.28. The number of nitrogens with one attached hydrogen (secondary N) is 2. The third-order valence-corrected chi connectivity index (χ3v) is 3.59. The van der Waals surface area contributed by atoms with Crippen molar-refractivity contribution in [2.24, 2.45) is 0 Å². The lowest BCUT2D eigenvalue weighted by molar-refractivity contribution is -0.127. The molecule has 1 fully saturated rings. The van der Waals surface area contributed by atoms with Crippen LogP contribution in [0.15, 0.2) is 0 Å². The minimum Gasteiger partial charge on any atom is -0.393 e. The zero-order valence-corrected chi connectivity index (χ0v) is 11.1. The van der Waals surface area contributed by atoms with E-state index in [1.165, 1.54) is 0 Å². The van der Waals surface area contributed by atoms with Crippen LogP contribution in [0.4, 0.5) is 0 Å². The quantitative estimate of drug-likeness (QED) is 0.628. The third kappa shape index (κ3) is 3.96. The van der Waals surface area contributed by atoms with Crippen molar-refractivity contribution >= 4 is 5.91 Å². The van der Waals surface area contributed by atoms with Crippen LogP contribution in [-0.2, 0) is 4.79 Å². The summed E-state index contributed by atoms with van der Waals surface area (Å²) in [6.45, 7) is 5.56. The zero-order valence-electron chi connectivity index (χ0n) is 11.1. The van der Waals surface area contributed by atoms with Crippen LogP contribution in [0, 0.1) is 0 Å². The van der Waals surface area contributed by atoms with Gasteiger partial charge in [0.1, 0.15) is 0 Å². The van der Waals surface area contributed by atoms with Gasteiger partial charge in [0.2, 0.25) is 5.91 Å². The Morgan fingerprint density at radius 2 is 2.29 bits per heavy atom. The number of amides is 1. The molecule has 0 radical (unpaired) electrons. The first-order valence-electron chi connectivity index (χ1n) is 6.86. The van der Waals surface area contributed by atoms with E-state index >= 15 is 0 Å². The highest BCUT2D eigenvalue weighted by atomic mass is 16.3. The monoisotopic (exact) mass is 242 g/mol. The van der Waals surface area contributed by atoms with Crippen molar-refractivity contribution in [3.63, 3.8) is 0 Å². The molecule has 0 aliphatic carbocycles. The molecule has 17 heavy (non-hydrogen) atoms. The van der Waals surface area contributed by atoms with Crippen molar-refractivity contribution in [3.8, 4) is 0 Å². The van der Waals surface area contributed by atoms with Crippen LogP contribution in [0.2, 0.25) is 0 Å². The Bertz CT molecular complexity index is 238. The van der Waals surface area contributed by atoms with Gasteiger partial charge in [-0.1, -0.05) is 20.3 Å². The van der Waals surface area contributed by atoms with E-state index in [1.54, 1.807) is 0 Å². The molecule has 1 heterocycles. The molecular formula is C13H26N2O2. The molecular weight excluding hydrogens is 216 g/mol. The van der Waals surface area contributed by atoms with Gasteiger partial charge in [-0.05, 0) is 38.6 Å². The predicted molar refractivity (Wildman–Crippen MR) is 68.8 cm³/mol. The summed E-state index contributed by atoms with van der Waals surface area (Å²) in [5, 5.41) is 15.7. The summed E-state index contributed by atoms with van der Waals surface area (Å²) < 4.78 is 0. The average Bonchev–Trinajstić information content (AvgIpc) is 2.79. The van der Waals surface area contributed by atoms with Crippen LogP contribution in [0.1, 0.15) is 52.4 Å². The van der Waals surface area contributed by atoms with Crippen LogP contribution < -0.4 is 10.6 Å². The van der Waals surface area contributed by atoms with Gasteiger partial charge < -0.3 is 15.7 Å². The van der Waals surface area contributed by atoms with E-state index in [4.69, 9.17) is 0 Å². The molecule has 1 amide bonds. The van der Waals surface area contributed by atoms with Crippen molar-refractivity contribution in [1.82, 2.24) is 10.6 Å². The van der Waals surface area contributed by atoms with Crippen molar-refractivity contribution in [2.45, 2.75) is 64.0 Å². The molecule has 3 N–H and O–H groups in total. The van der Waals surface area contributed by atoms with Gasteiger partial charge in [0.15, 0.2) is 0 Å². The molecule has 0 bridgehead atoms. The highest BCUT2D eigenvalue weighted by molar-refractivity contribution is 5.86. The molecule has 1 saturated heterocycles. The molecule has 4 nitrogen and oxygen atoms in total. The van der Waals surface area contributed by atoms with Gasteiger partial charge in [-0.25, -0.2) is 0 Å². The van der Waals surface area contributed by atoms with E-state index in [0.29, 0.717) is 13.0 Å². The number of hydrogen-bond acceptors (Lipinski definition) is 3. The summed E-state index contributed by atoms with van der Waals surface area (Å²) in [7, 11) is 0. The standard InChI is InChI=1S/C13H26N2O2/c1-3-7-13(8-5-9-15-13)12(17)14-10-6-11(16)4-2/h11,15-16H,3-10H2,1-2H3,(H,14,17). The summed E-state index contributed by atoms with van der Waals surface area (Å²) in [4.78, 5) is 12.2. The van der Waals surface area contributed by atoms with E-state index in [2.05, 4.69) is 17.6 Å². The van der Waals surface area contributed by atoms with Crippen molar-refractivity contribution in [1.29, 1.82) is 0 Å². The minimum absolute atomic E-state index is 0.111. The fraction of sp³-hybridized carbons (Fsp3) is 0.923. The molecule has 2 unspecified atom stereocenters. The molecule has 1 aliphatic rings. The Morgan fingerprint density at radius 3 is 2.82 bits per heavy atom. The fourth-order valence-corrected chi connectivity index (χ4v) is 2.48. The van der Waals surface area contributed by atoms with Gasteiger partial charge in [0.25, 0.3) is 0 Å². The molecule has 2 atom stereocenters. The lowest BCUT2D eigenvalue weighted by atomic mass is 9.91. The summed E-state index contributed by atoms with van der Waals surface area (Å²) in [5.41, 5.74) is -0.341. The summed E-state index contributed by atoms with van der Waals surface area (Å²) in [6.07, 6.45) is 5.01. The number of carbonyl (C=O) groups is 1. The molecule has 100 valence electrons. The Kier molecular flexibility index (Phi) is 5.92. The summed E-state index contributed by atoms with van der Waals surface area (Å²) >= 11 is 0. The SMILES string of the molecule is CCCC1(C(=O)NCCC(O)CC)CCCN1. The van der Waals surface area contributed by atoms with E-state index in [9.17, 15) is 9.90 Å². The average molecular weight is 242 g/mol. The largest absolute Gasteiger partial charge is 0.393 e. The molecule has 0 spiro atoms. The number of aliphatic hydroxyl groups is 1. The number of rotatable bonds is 7. The van der Waals surface area contributed by atoms with E-state index in [0.717, 1.165) is 38.6 Å². The molecule has 4 heteroatoms. The first kappa shape index (κ1) is 14.5. The van der Waals surface area contributed by atoms with E-state index in [1.807, 2.05) is 6.92 Å². The zero-order chi connectivity index (χ0) is 12.7. The second kappa shape index (κ2) is 6.97. The topological polar surface area (TPSA) is 61.4 Å². The van der Waals surface area contributed by atoms with Crippen molar-refractivity contribution in [3.05, 3.63) is 0 Å². The van der Waals surface area contributed by atoms with Crippen LogP contribution in [0.5, 0.6) is 0 Å². The van der Waals surface area contributed by atoms with Crippen LogP contribution in [0.3, 0.4) is 0 Å². The molecule has 0 aromatic heterocycles. The maximum Gasteiger partial charge on any atom is 0.240 e. The van der Waals surface area contributed by atoms with Crippen molar-refractivity contribution in [2.75, 3.05) is 13.1 Å². The molecule has 0 saturated carbocycles. The second-order valence-electron chi connectivity index (χ2n) is 4.97. The van der Waals surface area contributed by atoms with Crippen molar-refractivity contribution < 1.29 is 9.90 Å². The normalized spacial score (nSPS) is 25.8. The Hall–Kier alpha value is -0.610. The fourth-order valence-electron chi connectivity index (χ4n) is 2.48. The Balaban J connectivity index is 2.38. The van der Waals surface area contributed by atoms with Gasteiger partial charge in [0.05, 0.1) is 11.6 Å². The molecule has 1 rings (SSSR count). The van der Waals surface area contributed by atoms with Gasteiger partial charge in [-0.3, -0.25) is 4.79 Å². The molecule has 1 aliphatic heterocycles. The Labute approximate surface area is 104 Å². The smallest absolute Gasteiger partial charge is 0.240 e. The third-order valence-electron chi connectivity index (χ3n) is 3.59. The van der Waals surface area contributed by atoms with Crippen LogP contribution in [0.25, 0.3) is 0 Å². The predicted octanol–water partition coefficient (Wildman–Crippen LogP) is 1.19. The molecule has 0 aromatic carbocycles. The second-order valence-corrected chi connectivity index (χ2v) is 4.97.